The molecule has 0 saturated carbocycles. The minimum Gasteiger partial charge on any atom is -0.381 e. The topological polar surface area (TPSA) is 99.3 Å². The van der Waals surface area contributed by atoms with Crippen molar-refractivity contribution in [3.05, 3.63) is 63.7 Å². The van der Waals surface area contributed by atoms with Crippen LogP contribution in [0.5, 0.6) is 0 Å². The Bertz CT molecular complexity index is 1110. The molecular formula is C26H36F2N4O4. The summed E-state index contributed by atoms with van der Waals surface area (Å²) in [5.74, 6) is -2.54. The van der Waals surface area contributed by atoms with Gasteiger partial charge in [0, 0.05) is 49.6 Å². The van der Waals surface area contributed by atoms with Gasteiger partial charge in [-0.1, -0.05) is 47.1 Å². The van der Waals surface area contributed by atoms with Crippen LogP contribution in [0, 0.1) is 21.7 Å². The summed E-state index contributed by atoms with van der Waals surface area (Å²) < 4.78 is 33.8. The second-order valence-corrected chi connectivity index (χ2v) is 7.57. The number of carbonyl (C=O) groups excluding carboxylic acids is 1. The number of hydrogen-bond acceptors (Lipinski definition) is 5. The Kier molecular flexibility index (Phi) is 13.9. The summed E-state index contributed by atoms with van der Waals surface area (Å²) in [4.78, 5) is 26.8. The number of nitrogens with zero attached hydrogens (tertiary/aromatic N) is 3. The number of unbranched alkanes of at least 4 members (excludes halogenated alkanes) is 1. The van der Waals surface area contributed by atoms with Crippen LogP contribution in [0.15, 0.2) is 36.4 Å². The summed E-state index contributed by atoms with van der Waals surface area (Å²) >= 11 is 0. The Morgan fingerprint density at radius 3 is 2.36 bits per heavy atom. The van der Waals surface area contributed by atoms with E-state index in [0.29, 0.717) is 18.5 Å². The van der Waals surface area contributed by atoms with E-state index in [-0.39, 0.29) is 22.7 Å². The van der Waals surface area contributed by atoms with Crippen LogP contribution < -0.4 is 5.32 Å². The van der Waals surface area contributed by atoms with Crippen LogP contribution in [0.3, 0.4) is 0 Å². The number of carbonyl (C=O) groups is 1. The number of non-ortho nitro benzene ring substituents is 1. The van der Waals surface area contributed by atoms with E-state index in [9.17, 15) is 23.7 Å². The lowest BCUT2D eigenvalue weighted by Crippen LogP contribution is -2.16. The molecule has 3 rings (SSSR count). The average Bonchev–Trinajstić information content (AvgIpc) is 3.19. The first-order valence-corrected chi connectivity index (χ1v) is 12.3. The maximum absolute atomic E-state index is 13.6. The number of halogens is 2. The highest BCUT2D eigenvalue weighted by molar-refractivity contribution is 6.04. The lowest BCUT2D eigenvalue weighted by Gasteiger charge is -2.09. The van der Waals surface area contributed by atoms with Crippen molar-refractivity contribution in [2.45, 2.75) is 66.8 Å². The fourth-order valence-electron chi connectivity index (χ4n) is 3.09. The molecule has 0 aliphatic rings. The highest BCUT2D eigenvalue weighted by Gasteiger charge is 2.18. The minimum absolute atomic E-state index is 0.0756. The number of benzene rings is 2. The van der Waals surface area contributed by atoms with E-state index in [4.69, 9.17) is 4.74 Å². The Balaban J connectivity index is 0.000000554. The maximum Gasteiger partial charge on any atom is 0.270 e. The molecule has 0 fully saturated rings. The van der Waals surface area contributed by atoms with Crippen LogP contribution in [0.1, 0.15) is 70.7 Å². The van der Waals surface area contributed by atoms with Crippen LogP contribution in [-0.2, 0) is 11.3 Å². The largest absolute Gasteiger partial charge is 0.381 e. The lowest BCUT2D eigenvalue weighted by atomic mass is 10.2. The molecule has 0 spiro atoms. The number of aromatic nitrogens is 2. The first-order valence-electron chi connectivity index (χ1n) is 12.3. The fourth-order valence-corrected chi connectivity index (χ4v) is 3.09. The number of ether oxygens (including phenoxy) is 1. The second kappa shape index (κ2) is 16.3. The van der Waals surface area contributed by atoms with Gasteiger partial charge in [0.05, 0.1) is 16.0 Å². The number of nitrogens with one attached hydrogen (secondary N) is 1. The van der Waals surface area contributed by atoms with Crippen molar-refractivity contribution in [2.75, 3.05) is 18.5 Å². The first kappa shape index (κ1) is 30.6. The summed E-state index contributed by atoms with van der Waals surface area (Å²) in [5.41, 5.74) is 0.405. The van der Waals surface area contributed by atoms with Gasteiger partial charge in [-0.05, 0) is 25.3 Å². The zero-order chi connectivity index (χ0) is 27.1. The number of nitro benzene ring substituents is 1. The number of aryl methyl sites for hydroxylation is 1. The maximum atomic E-state index is 13.6. The van der Waals surface area contributed by atoms with Crippen molar-refractivity contribution in [2.24, 2.45) is 0 Å². The normalized spacial score (nSPS) is 10.2. The number of amides is 1. The van der Waals surface area contributed by atoms with Crippen LogP contribution in [0.4, 0.5) is 20.4 Å². The number of fused-ring (bicyclic) bond motifs is 1. The molecule has 1 N–H and O–H groups in total. The molecule has 10 heteroatoms. The summed E-state index contributed by atoms with van der Waals surface area (Å²) in [7, 11) is 0. The van der Waals surface area contributed by atoms with Gasteiger partial charge in [-0.15, -0.1) is 0 Å². The molecule has 1 amide bonds. The Hall–Kier alpha value is -3.40. The van der Waals surface area contributed by atoms with Crippen molar-refractivity contribution in [3.8, 4) is 0 Å². The van der Waals surface area contributed by atoms with E-state index in [1.54, 1.807) is 4.57 Å². The summed E-state index contributed by atoms with van der Waals surface area (Å²) in [6.45, 7) is 12.5. The quantitative estimate of drug-likeness (QED) is 0.179. The van der Waals surface area contributed by atoms with Gasteiger partial charge >= 0.3 is 0 Å². The molecule has 0 bridgehead atoms. The standard InChI is InChI=1S/C17H14F2N4O3.C7H16O.C2H6/c1-2-6-22-15-9-13(19)12(18)8-14(15)20-17(22)21-16(24)10-4-3-5-11(7-10)23(25)26;1-3-5-7-8-6-4-2;1-2/h3-5,7-9H,2,6H2,1H3,(H,20,21,24);3-7H2,1-2H3;1-2H3. The minimum atomic E-state index is -1.03. The molecule has 0 aliphatic heterocycles. The Labute approximate surface area is 210 Å². The molecule has 2 aromatic carbocycles. The molecule has 1 heterocycles. The van der Waals surface area contributed by atoms with Crippen LogP contribution >= 0.6 is 0 Å². The number of rotatable bonds is 10. The number of imidazole rings is 1. The van der Waals surface area contributed by atoms with Gasteiger partial charge in [-0.3, -0.25) is 20.2 Å². The third kappa shape index (κ3) is 8.99. The van der Waals surface area contributed by atoms with Gasteiger partial charge in [-0.25, -0.2) is 13.8 Å². The molecule has 36 heavy (non-hydrogen) atoms. The van der Waals surface area contributed by atoms with E-state index < -0.39 is 22.5 Å². The average molecular weight is 507 g/mol. The smallest absolute Gasteiger partial charge is 0.270 e. The van der Waals surface area contributed by atoms with Gasteiger partial charge in [-0.2, -0.15) is 0 Å². The van der Waals surface area contributed by atoms with Gasteiger partial charge in [0.25, 0.3) is 11.6 Å². The zero-order valence-corrected chi connectivity index (χ0v) is 21.6. The van der Waals surface area contributed by atoms with E-state index in [0.717, 1.165) is 37.8 Å². The third-order valence-electron chi connectivity index (χ3n) is 4.77. The van der Waals surface area contributed by atoms with E-state index >= 15 is 0 Å². The molecule has 0 atom stereocenters. The SMILES string of the molecule is CC.CCCCOCCC.CCCn1c(NC(=O)c2cccc([N+](=O)[O-])c2)nc2cc(F)c(F)cc21. The van der Waals surface area contributed by atoms with E-state index in [1.807, 2.05) is 20.8 Å². The van der Waals surface area contributed by atoms with Crippen molar-refractivity contribution < 1.29 is 23.2 Å². The van der Waals surface area contributed by atoms with Gasteiger partial charge in [0.1, 0.15) is 0 Å². The first-order chi connectivity index (χ1) is 17.3. The van der Waals surface area contributed by atoms with Crippen molar-refractivity contribution >= 4 is 28.6 Å². The monoisotopic (exact) mass is 506 g/mol. The molecule has 0 unspecified atom stereocenters. The summed E-state index contributed by atoms with van der Waals surface area (Å²) in [6, 6.07) is 7.22. The number of anilines is 1. The van der Waals surface area contributed by atoms with Crippen LogP contribution in [0.2, 0.25) is 0 Å². The van der Waals surface area contributed by atoms with Crippen LogP contribution in [-0.4, -0.2) is 33.6 Å². The molecule has 0 aliphatic carbocycles. The molecule has 3 aromatic rings. The Morgan fingerprint density at radius 1 is 1.06 bits per heavy atom. The van der Waals surface area contributed by atoms with Crippen LogP contribution in [0.25, 0.3) is 11.0 Å². The lowest BCUT2D eigenvalue weighted by molar-refractivity contribution is -0.384. The highest BCUT2D eigenvalue weighted by atomic mass is 19.2. The molecule has 0 radical (unpaired) electrons. The van der Waals surface area contributed by atoms with Gasteiger partial charge in [0.15, 0.2) is 11.6 Å². The zero-order valence-electron chi connectivity index (χ0n) is 21.6. The van der Waals surface area contributed by atoms with Crippen molar-refractivity contribution in [1.29, 1.82) is 0 Å². The third-order valence-corrected chi connectivity index (χ3v) is 4.77. The van der Waals surface area contributed by atoms with Gasteiger partial charge < -0.3 is 9.30 Å². The highest BCUT2D eigenvalue weighted by Crippen LogP contribution is 2.24. The second-order valence-electron chi connectivity index (χ2n) is 7.57. The predicted molar refractivity (Wildman–Crippen MR) is 138 cm³/mol. The van der Waals surface area contributed by atoms with Gasteiger partial charge in [0.2, 0.25) is 5.95 Å². The molecule has 198 valence electrons. The fraction of sp³-hybridized carbons (Fsp3) is 0.462. The molecule has 0 saturated heterocycles. The van der Waals surface area contributed by atoms with E-state index in [2.05, 4.69) is 24.1 Å². The molecule has 8 nitrogen and oxygen atoms in total. The summed E-state index contributed by atoms with van der Waals surface area (Å²) in [6.07, 6.45) is 4.26. The van der Waals surface area contributed by atoms with E-state index in [1.165, 1.54) is 31.0 Å². The van der Waals surface area contributed by atoms with Crippen molar-refractivity contribution in [3.63, 3.8) is 0 Å². The molecule has 1 aromatic heterocycles. The Morgan fingerprint density at radius 2 is 1.75 bits per heavy atom. The summed E-state index contributed by atoms with van der Waals surface area (Å²) in [5, 5.41) is 13.4. The number of nitro groups is 1. The predicted octanol–water partition coefficient (Wildman–Crippen LogP) is 7.12. The van der Waals surface area contributed by atoms with Crippen molar-refractivity contribution in [1.82, 2.24) is 9.55 Å². The number of hydrogen-bond donors (Lipinski definition) is 1. The molecular weight excluding hydrogens is 470 g/mol.